The topological polar surface area (TPSA) is 76.2 Å². The van der Waals surface area contributed by atoms with Crippen molar-refractivity contribution in [2.75, 3.05) is 5.73 Å². The molecular formula is C10H7ClN2O2. The number of rotatable bonds is 1. The molecule has 3 N–H and O–H groups in total. The molecule has 0 aliphatic heterocycles. The summed E-state index contributed by atoms with van der Waals surface area (Å²) in [6, 6.07) is 6.31. The predicted molar refractivity (Wildman–Crippen MR) is 58.1 cm³/mol. The van der Waals surface area contributed by atoms with Gasteiger partial charge in [0.05, 0.1) is 5.52 Å². The maximum atomic E-state index is 10.7. The van der Waals surface area contributed by atoms with Crippen LogP contribution in [-0.2, 0) is 0 Å². The largest absolute Gasteiger partial charge is 0.477 e. The number of pyridine rings is 1. The lowest BCUT2D eigenvalue weighted by molar-refractivity contribution is 0.0691. The molecule has 5 heteroatoms. The zero-order valence-corrected chi connectivity index (χ0v) is 8.32. The summed E-state index contributed by atoms with van der Waals surface area (Å²) in [6.45, 7) is 0. The molecule has 0 amide bonds. The number of nitrogens with two attached hydrogens (primary N) is 1. The molecule has 0 fully saturated rings. The number of benzene rings is 1. The second-order valence-electron chi connectivity index (χ2n) is 3.06. The van der Waals surface area contributed by atoms with E-state index < -0.39 is 5.97 Å². The van der Waals surface area contributed by atoms with Gasteiger partial charge in [0.1, 0.15) is 0 Å². The highest BCUT2D eigenvalue weighted by atomic mass is 35.5. The number of nitrogens with zero attached hydrogens (tertiary/aromatic N) is 1. The molecular weight excluding hydrogens is 216 g/mol. The van der Waals surface area contributed by atoms with E-state index in [2.05, 4.69) is 4.98 Å². The predicted octanol–water partition coefficient (Wildman–Crippen LogP) is 2.17. The van der Waals surface area contributed by atoms with Crippen molar-refractivity contribution in [1.82, 2.24) is 4.98 Å². The SMILES string of the molecule is Nc1cc(C(=O)O)nc2cc(Cl)ccc12. The number of halogens is 1. The number of nitrogen functional groups attached to an aromatic ring is 1. The first-order valence-corrected chi connectivity index (χ1v) is 4.55. The molecule has 76 valence electrons. The summed E-state index contributed by atoms with van der Waals surface area (Å²) in [5, 5.41) is 9.98. The van der Waals surface area contributed by atoms with E-state index in [1.165, 1.54) is 6.07 Å². The van der Waals surface area contributed by atoms with E-state index in [0.717, 1.165) is 0 Å². The lowest BCUT2D eigenvalue weighted by Gasteiger charge is -2.03. The van der Waals surface area contributed by atoms with Crippen molar-refractivity contribution in [3.8, 4) is 0 Å². The van der Waals surface area contributed by atoms with Crippen molar-refractivity contribution >= 4 is 34.2 Å². The summed E-state index contributed by atoms with van der Waals surface area (Å²) in [4.78, 5) is 14.7. The Morgan fingerprint density at radius 3 is 2.80 bits per heavy atom. The molecule has 0 atom stereocenters. The third kappa shape index (κ3) is 1.71. The van der Waals surface area contributed by atoms with Gasteiger partial charge in [0.25, 0.3) is 0 Å². The van der Waals surface area contributed by atoms with Gasteiger partial charge in [-0.25, -0.2) is 9.78 Å². The average molecular weight is 223 g/mol. The third-order valence-electron chi connectivity index (χ3n) is 2.02. The number of hydrogen-bond donors (Lipinski definition) is 2. The standard InChI is InChI=1S/C10H7ClN2O2/c11-5-1-2-6-7(12)4-9(10(14)15)13-8(6)3-5/h1-4H,(H2,12,13)(H,14,15). The zero-order valence-electron chi connectivity index (χ0n) is 7.57. The molecule has 0 spiro atoms. The molecule has 0 aliphatic carbocycles. The van der Waals surface area contributed by atoms with Crippen molar-refractivity contribution in [3.05, 3.63) is 35.0 Å². The number of anilines is 1. The van der Waals surface area contributed by atoms with E-state index in [9.17, 15) is 4.79 Å². The molecule has 0 saturated carbocycles. The highest BCUT2D eigenvalue weighted by molar-refractivity contribution is 6.31. The van der Waals surface area contributed by atoms with Gasteiger partial charge in [0, 0.05) is 16.1 Å². The van der Waals surface area contributed by atoms with Crippen molar-refractivity contribution in [1.29, 1.82) is 0 Å². The second kappa shape index (κ2) is 3.40. The molecule has 1 aromatic carbocycles. The molecule has 2 rings (SSSR count). The fraction of sp³-hybridized carbons (Fsp3) is 0. The minimum Gasteiger partial charge on any atom is -0.477 e. The summed E-state index contributed by atoms with van der Waals surface area (Å²) in [5.41, 5.74) is 6.49. The molecule has 4 nitrogen and oxygen atoms in total. The second-order valence-corrected chi connectivity index (χ2v) is 3.50. The summed E-state index contributed by atoms with van der Waals surface area (Å²) in [6.07, 6.45) is 0. The highest BCUT2D eigenvalue weighted by Crippen LogP contribution is 2.23. The summed E-state index contributed by atoms with van der Waals surface area (Å²) in [7, 11) is 0. The smallest absolute Gasteiger partial charge is 0.354 e. The first-order chi connectivity index (χ1) is 7.08. The van der Waals surface area contributed by atoms with Gasteiger partial charge in [0.15, 0.2) is 5.69 Å². The normalized spacial score (nSPS) is 10.5. The van der Waals surface area contributed by atoms with Crippen LogP contribution < -0.4 is 5.73 Å². The van der Waals surface area contributed by atoms with E-state index in [1.54, 1.807) is 18.2 Å². The fourth-order valence-electron chi connectivity index (χ4n) is 1.34. The van der Waals surface area contributed by atoms with Crippen molar-refractivity contribution in [2.45, 2.75) is 0 Å². The van der Waals surface area contributed by atoms with Crippen LogP contribution in [0.5, 0.6) is 0 Å². The van der Waals surface area contributed by atoms with Crippen molar-refractivity contribution < 1.29 is 9.90 Å². The minimum absolute atomic E-state index is 0.0812. The molecule has 0 aliphatic rings. The van der Waals surface area contributed by atoms with Crippen LogP contribution in [-0.4, -0.2) is 16.1 Å². The van der Waals surface area contributed by atoms with E-state index in [-0.39, 0.29) is 5.69 Å². The van der Waals surface area contributed by atoms with Crippen LogP contribution in [0.25, 0.3) is 10.9 Å². The van der Waals surface area contributed by atoms with E-state index >= 15 is 0 Å². The van der Waals surface area contributed by atoms with E-state index in [4.69, 9.17) is 22.4 Å². The first kappa shape index (κ1) is 9.73. The maximum Gasteiger partial charge on any atom is 0.354 e. The number of hydrogen-bond acceptors (Lipinski definition) is 3. The van der Waals surface area contributed by atoms with E-state index in [0.29, 0.717) is 21.6 Å². The molecule has 15 heavy (non-hydrogen) atoms. The van der Waals surface area contributed by atoms with Gasteiger partial charge in [0.2, 0.25) is 0 Å². The van der Waals surface area contributed by atoms with Gasteiger partial charge in [-0.3, -0.25) is 0 Å². The van der Waals surface area contributed by atoms with Crippen LogP contribution in [0, 0.1) is 0 Å². The van der Waals surface area contributed by atoms with E-state index in [1.807, 2.05) is 0 Å². The monoisotopic (exact) mass is 222 g/mol. The lowest BCUT2D eigenvalue weighted by Crippen LogP contribution is -2.02. The maximum absolute atomic E-state index is 10.7. The van der Waals surface area contributed by atoms with Crippen LogP contribution in [0.1, 0.15) is 10.5 Å². The van der Waals surface area contributed by atoms with Gasteiger partial charge >= 0.3 is 5.97 Å². The number of aromatic carboxylic acids is 1. The summed E-state index contributed by atoms with van der Waals surface area (Å²) in [5.74, 6) is -1.11. The van der Waals surface area contributed by atoms with Crippen LogP contribution in [0.2, 0.25) is 5.02 Å². The Hall–Kier alpha value is -1.81. The van der Waals surface area contributed by atoms with Crippen molar-refractivity contribution in [2.24, 2.45) is 0 Å². The number of carbonyl (C=O) groups is 1. The van der Waals surface area contributed by atoms with Crippen LogP contribution in [0.15, 0.2) is 24.3 Å². The Balaban J connectivity index is 2.79. The Morgan fingerprint density at radius 2 is 2.13 bits per heavy atom. The Kier molecular flexibility index (Phi) is 2.21. The Morgan fingerprint density at radius 1 is 1.40 bits per heavy atom. The van der Waals surface area contributed by atoms with Crippen LogP contribution >= 0.6 is 11.6 Å². The number of aromatic nitrogens is 1. The number of carboxylic acids is 1. The molecule has 1 aromatic heterocycles. The molecule has 0 radical (unpaired) electrons. The van der Waals surface area contributed by atoms with Crippen LogP contribution in [0.4, 0.5) is 5.69 Å². The number of fused-ring (bicyclic) bond motifs is 1. The fourth-order valence-corrected chi connectivity index (χ4v) is 1.50. The average Bonchev–Trinajstić information content (AvgIpc) is 2.16. The van der Waals surface area contributed by atoms with Gasteiger partial charge in [-0.2, -0.15) is 0 Å². The molecule has 2 aromatic rings. The molecule has 0 bridgehead atoms. The number of carboxylic acid groups (broad SMARTS) is 1. The van der Waals surface area contributed by atoms with Crippen LogP contribution in [0.3, 0.4) is 0 Å². The minimum atomic E-state index is -1.11. The summed E-state index contributed by atoms with van der Waals surface area (Å²) >= 11 is 5.77. The zero-order chi connectivity index (χ0) is 11.0. The van der Waals surface area contributed by atoms with Gasteiger partial charge in [-0.1, -0.05) is 11.6 Å². The molecule has 0 unspecified atom stereocenters. The van der Waals surface area contributed by atoms with Crippen molar-refractivity contribution in [3.63, 3.8) is 0 Å². The summed E-state index contributed by atoms with van der Waals surface area (Å²) < 4.78 is 0. The first-order valence-electron chi connectivity index (χ1n) is 4.17. The third-order valence-corrected chi connectivity index (χ3v) is 2.26. The molecule has 0 saturated heterocycles. The van der Waals surface area contributed by atoms with Gasteiger partial charge in [-0.05, 0) is 24.3 Å². The van der Waals surface area contributed by atoms with Gasteiger partial charge in [-0.15, -0.1) is 0 Å². The quantitative estimate of drug-likeness (QED) is 0.775. The lowest BCUT2D eigenvalue weighted by atomic mass is 10.1. The Labute approximate surface area is 90.3 Å². The molecule has 1 heterocycles. The van der Waals surface area contributed by atoms with Gasteiger partial charge < -0.3 is 10.8 Å². The highest BCUT2D eigenvalue weighted by Gasteiger charge is 2.08. The Bertz CT molecular complexity index is 554.